The Morgan fingerprint density at radius 3 is 2.71 bits per heavy atom. The first-order chi connectivity index (χ1) is 6.63. The Morgan fingerprint density at radius 2 is 2.14 bits per heavy atom. The van der Waals surface area contributed by atoms with Gasteiger partial charge in [-0.2, -0.15) is 0 Å². The van der Waals surface area contributed by atoms with Gasteiger partial charge in [0.05, 0.1) is 10.7 Å². The molecule has 0 aliphatic heterocycles. The van der Waals surface area contributed by atoms with E-state index in [2.05, 4.69) is 43.4 Å². The molecule has 0 radical (unpaired) electrons. The van der Waals surface area contributed by atoms with Crippen molar-refractivity contribution in [3.8, 4) is 0 Å². The Hall–Kier alpha value is -0.410. The van der Waals surface area contributed by atoms with Crippen molar-refractivity contribution in [3.63, 3.8) is 0 Å². The highest BCUT2D eigenvalue weighted by atomic mass is 32.1. The standard InChI is InChI=1S/C11H20N2S/c1-5-9(4)11-13-10(7-14-11)6-12-8(2)3/h7-9,12H,5-6H2,1-4H3. The summed E-state index contributed by atoms with van der Waals surface area (Å²) in [6.45, 7) is 9.64. The topological polar surface area (TPSA) is 24.9 Å². The fourth-order valence-corrected chi connectivity index (χ4v) is 2.08. The van der Waals surface area contributed by atoms with Crippen LogP contribution >= 0.6 is 11.3 Å². The van der Waals surface area contributed by atoms with E-state index in [1.165, 1.54) is 17.1 Å². The van der Waals surface area contributed by atoms with E-state index in [1.54, 1.807) is 11.3 Å². The minimum atomic E-state index is 0.531. The Morgan fingerprint density at radius 1 is 1.43 bits per heavy atom. The molecule has 1 heterocycles. The number of rotatable bonds is 5. The molecule has 0 fully saturated rings. The first-order valence-corrected chi connectivity index (χ1v) is 6.19. The van der Waals surface area contributed by atoms with E-state index in [9.17, 15) is 0 Å². The van der Waals surface area contributed by atoms with Crippen LogP contribution in [0.5, 0.6) is 0 Å². The normalized spacial score (nSPS) is 13.5. The van der Waals surface area contributed by atoms with E-state index in [0.29, 0.717) is 12.0 Å². The van der Waals surface area contributed by atoms with Gasteiger partial charge >= 0.3 is 0 Å². The van der Waals surface area contributed by atoms with Gasteiger partial charge in [-0.3, -0.25) is 0 Å². The zero-order chi connectivity index (χ0) is 10.6. The molecule has 1 aromatic heterocycles. The van der Waals surface area contributed by atoms with Crippen molar-refractivity contribution in [1.82, 2.24) is 10.3 Å². The molecule has 2 nitrogen and oxygen atoms in total. The van der Waals surface area contributed by atoms with E-state index >= 15 is 0 Å². The summed E-state index contributed by atoms with van der Waals surface area (Å²) in [4.78, 5) is 4.61. The fourth-order valence-electron chi connectivity index (χ4n) is 1.11. The molecule has 0 aromatic carbocycles. The molecule has 80 valence electrons. The molecule has 0 amide bonds. The molecule has 1 atom stereocenters. The molecule has 1 rings (SSSR count). The van der Waals surface area contributed by atoms with Crippen LogP contribution in [0, 0.1) is 0 Å². The Kier molecular flexibility index (Phi) is 4.55. The zero-order valence-electron chi connectivity index (χ0n) is 9.50. The lowest BCUT2D eigenvalue weighted by atomic mass is 10.1. The molecule has 0 saturated heterocycles. The van der Waals surface area contributed by atoms with E-state index in [0.717, 1.165) is 6.54 Å². The summed E-state index contributed by atoms with van der Waals surface area (Å²) < 4.78 is 0. The largest absolute Gasteiger partial charge is 0.309 e. The quantitative estimate of drug-likeness (QED) is 0.811. The van der Waals surface area contributed by atoms with Crippen LogP contribution in [0.3, 0.4) is 0 Å². The highest BCUT2D eigenvalue weighted by Gasteiger charge is 2.08. The predicted octanol–water partition coefficient (Wildman–Crippen LogP) is 3.15. The van der Waals surface area contributed by atoms with Crippen LogP contribution in [0.1, 0.15) is 50.7 Å². The van der Waals surface area contributed by atoms with Crippen molar-refractivity contribution < 1.29 is 0 Å². The summed E-state index contributed by atoms with van der Waals surface area (Å²) in [5.41, 5.74) is 1.18. The highest BCUT2D eigenvalue weighted by Crippen LogP contribution is 2.22. The summed E-state index contributed by atoms with van der Waals surface area (Å²) >= 11 is 1.78. The van der Waals surface area contributed by atoms with Gasteiger partial charge in [0.15, 0.2) is 0 Å². The van der Waals surface area contributed by atoms with Crippen LogP contribution in [0.2, 0.25) is 0 Å². The Labute approximate surface area is 90.8 Å². The van der Waals surface area contributed by atoms with Crippen LogP contribution in [0.15, 0.2) is 5.38 Å². The lowest BCUT2D eigenvalue weighted by Crippen LogP contribution is -2.21. The Bertz CT molecular complexity index is 268. The van der Waals surface area contributed by atoms with Crippen LogP contribution in [0.25, 0.3) is 0 Å². The number of thiazole rings is 1. The molecule has 1 aromatic rings. The lowest BCUT2D eigenvalue weighted by molar-refractivity contribution is 0.581. The predicted molar refractivity (Wildman–Crippen MR) is 62.8 cm³/mol. The van der Waals surface area contributed by atoms with Gasteiger partial charge < -0.3 is 5.32 Å². The van der Waals surface area contributed by atoms with Crippen molar-refractivity contribution in [1.29, 1.82) is 0 Å². The summed E-state index contributed by atoms with van der Waals surface area (Å²) in [5.74, 6) is 0.604. The summed E-state index contributed by atoms with van der Waals surface area (Å²) in [6, 6.07) is 0.531. The first-order valence-electron chi connectivity index (χ1n) is 5.31. The smallest absolute Gasteiger partial charge is 0.0956 e. The van der Waals surface area contributed by atoms with Crippen LogP contribution in [-0.4, -0.2) is 11.0 Å². The summed E-state index contributed by atoms with van der Waals surface area (Å²) in [5, 5.41) is 6.81. The molecular formula is C11H20N2S. The minimum Gasteiger partial charge on any atom is -0.309 e. The summed E-state index contributed by atoms with van der Waals surface area (Å²) in [7, 11) is 0. The fraction of sp³-hybridized carbons (Fsp3) is 0.727. The monoisotopic (exact) mass is 212 g/mol. The maximum atomic E-state index is 4.61. The molecule has 0 saturated carbocycles. The third kappa shape index (κ3) is 3.39. The maximum Gasteiger partial charge on any atom is 0.0956 e. The third-order valence-electron chi connectivity index (χ3n) is 2.29. The SMILES string of the molecule is CCC(C)c1nc(CNC(C)C)cs1. The number of aromatic nitrogens is 1. The lowest BCUT2D eigenvalue weighted by Gasteiger charge is -2.05. The van der Waals surface area contributed by atoms with Crippen LogP contribution in [0.4, 0.5) is 0 Å². The third-order valence-corrected chi connectivity index (χ3v) is 3.42. The first kappa shape index (κ1) is 11.7. The van der Waals surface area contributed by atoms with E-state index in [-0.39, 0.29) is 0 Å². The molecule has 0 spiro atoms. The van der Waals surface area contributed by atoms with Gasteiger partial charge in [0.25, 0.3) is 0 Å². The van der Waals surface area contributed by atoms with Crippen molar-refractivity contribution in [2.24, 2.45) is 0 Å². The number of nitrogens with one attached hydrogen (secondary N) is 1. The van der Waals surface area contributed by atoms with Gasteiger partial charge in [-0.15, -0.1) is 11.3 Å². The number of hydrogen-bond donors (Lipinski definition) is 1. The average Bonchev–Trinajstić information content (AvgIpc) is 2.62. The molecular weight excluding hydrogens is 192 g/mol. The summed E-state index contributed by atoms with van der Waals surface area (Å²) in [6.07, 6.45) is 1.17. The minimum absolute atomic E-state index is 0.531. The van der Waals surface area contributed by atoms with Gasteiger partial charge in [0.1, 0.15) is 0 Å². The zero-order valence-corrected chi connectivity index (χ0v) is 10.3. The van der Waals surface area contributed by atoms with Crippen molar-refractivity contribution in [2.75, 3.05) is 0 Å². The van der Waals surface area contributed by atoms with E-state index in [4.69, 9.17) is 0 Å². The van der Waals surface area contributed by atoms with E-state index in [1.807, 2.05) is 0 Å². The van der Waals surface area contributed by atoms with Gasteiger partial charge in [-0.1, -0.05) is 27.7 Å². The number of nitrogens with zero attached hydrogens (tertiary/aromatic N) is 1. The molecule has 3 heteroatoms. The average molecular weight is 212 g/mol. The van der Waals surface area contributed by atoms with Gasteiger partial charge in [-0.05, 0) is 6.42 Å². The van der Waals surface area contributed by atoms with Crippen molar-refractivity contribution in [2.45, 2.75) is 52.6 Å². The molecule has 1 N–H and O–H groups in total. The van der Waals surface area contributed by atoms with Gasteiger partial charge in [0.2, 0.25) is 0 Å². The molecule has 0 aliphatic carbocycles. The van der Waals surface area contributed by atoms with Crippen molar-refractivity contribution in [3.05, 3.63) is 16.1 Å². The molecule has 0 aliphatic rings. The van der Waals surface area contributed by atoms with Crippen LogP contribution in [-0.2, 0) is 6.54 Å². The number of hydrogen-bond acceptors (Lipinski definition) is 3. The maximum absolute atomic E-state index is 4.61. The van der Waals surface area contributed by atoms with Crippen LogP contribution < -0.4 is 5.32 Å². The second-order valence-corrected chi connectivity index (χ2v) is 4.91. The highest BCUT2D eigenvalue weighted by molar-refractivity contribution is 7.09. The Balaban J connectivity index is 2.50. The van der Waals surface area contributed by atoms with Crippen molar-refractivity contribution >= 4 is 11.3 Å². The molecule has 14 heavy (non-hydrogen) atoms. The van der Waals surface area contributed by atoms with Gasteiger partial charge in [0, 0.05) is 23.9 Å². The van der Waals surface area contributed by atoms with Gasteiger partial charge in [-0.25, -0.2) is 4.98 Å². The molecule has 0 bridgehead atoms. The second kappa shape index (κ2) is 5.47. The van der Waals surface area contributed by atoms with E-state index < -0.39 is 0 Å². The molecule has 1 unspecified atom stereocenters. The second-order valence-electron chi connectivity index (χ2n) is 4.02.